The van der Waals surface area contributed by atoms with Gasteiger partial charge in [0.15, 0.2) is 0 Å². The van der Waals surface area contributed by atoms with Gasteiger partial charge in [0.2, 0.25) is 8.32 Å². The lowest BCUT2D eigenvalue weighted by atomic mass is 10.1. The third-order valence-electron chi connectivity index (χ3n) is 2.71. The van der Waals surface area contributed by atoms with Crippen molar-refractivity contribution < 1.29 is 9.22 Å². The summed E-state index contributed by atoms with van der Waals surface area (Å²) in [7, 11) is -1.67. The maximum atomic E-state index is 11.5. The molecule has 0 aliphatic carbocycles. The first-order valence-electron chi connectivity index (χ1n) is 7.28. The maximum Gasteiger partial charge on any atom is 0.292 e. The van der Waals surface area contributed by atoms with E-state index in [0.717, 1.165) is 19.3 Å². The molecule has 0 aromatic carbocycles. The number of carbonyl (C=O) groups is 1. The molecule has 106 valence electrons. The molecule has 0 aliphatic rings. The number of carbonyl (C=O) groups excluding carboxylic acids is 1. The first-order valence-corrected chi connectivity index (χ1v) is 10.7. The van der Waals surface area contributed by atoms with Crippen molar-refractivity contribution in [3.8, 4) is 0 Å². The summed E-state index contributed by atoms with van der Waals surface area (Å²) in [6.07, 6.45) is 12.3. The van der Waals surface area contributed by atoms with Gasteiger partial charge in [0, 0.05) is 6.42 Å². The summed E-state index contributed by atoms with van der Waals surface area (Å²) in [5, 5.41) is 0. The Morgan fingerprint density at radius 1 is 1.00 bits per heavy atom. The zero-order valence-electron chi connectivity index (χ0n) is 12.5. The van der Waals surface area contributed by atoms with Crippen LogP contribution < -0.4 is 0 Å². The number of allylic oxidation sites excluding steroid dienone is 1. The lowest BCUT2D eigenvalue weighted by Crippen LogP contribution is -2.28. The summed E-state index contributed by atoms with van der Waals surface area (Å²) < 4.78 is 5.40. The van der Waals surface area contributed by atoms with E-state index in [1.54, 1.807) is 0 Å². The zero-order valence-corrected chi connectivity index (χ0v) is 13.5. The van der Waals surface area contributed by atoms with E-state index in [9.17, 15) is 4.79 Å². The highest BCUT2D eigenvalue weighted by molar-refractivity contribution is 6.71. The van der Waals surface area contributed by atoms with Crippen LogP contribution in [0.1, 0.15) is 57.8 Å². The molecule has 0 N–H and O–H groups in total. The number of unbranched alkanes of at least 4 members (excludes halogenated alkanes) is 7. The average molecular weight is 270 g/mol. The average Bonchev–Trinajstić information content (AvgIpc) is 2.24. The molecule has 18 heavy (non-hydrogen) atoms. The standard InChI is InChI=1S/C15H30O2Si/c1-5-6-7-8-9-10-11-12-13-14-15(16)17-18(2,3)4/h5H,1,6-14H2,2-4H3. The molecule has 0 amide bonds. The van der Waals surface area contributed by atoms with E-state index in [-0.39, 0.29) is 5.97 Å². The highest BCUT2D eigenvalue weighted by Gasteiger charge is 2.19. The molecule has 0 radical (unpaired) electrons. The topological polar surface area (TPSA) is 26.3 Å². The first-order chi connectivity index (χ1) is 8.45. The molecule has 0 aromatic rings. The Labute approximate surface area is 114 Å². The second kappa shape index (κ2) is 10.4. The smallest absolute Gasteiger partial charge is 0.292 e. The van der Waals surface area contributed by atoms with Crippen molar-refractivity contribution in [3.63, 3.8) is 0 Å². The van der Waals surface area contributed by atoms with E-state index in [1.165, 1.54) is 32.1 Å². The molecule has 0 aliphatic heterocycles. The van der Waals surface area contributed by atoms with Crippen LogP contribution in [0, 0.1) is 0 Å². The van der Waals surface area contributed by atoms with Gasteiger partial charge in [0.25, 0.3) is 5.97 Å². The largest absolute Gasteiger partial charge is 0.520 e. The Bertz CT molecular complexity index is 231. The summed E-state index contributed by atoms with van der Waals surface area (Å²) in [4.78, 5) is 11.5. The van der Waals surface area contributed by atoms with Crippen LogP contribution in [0.2, 0.25) is 19.6 Å². The van der Waals surface area contributed by atoms with Crippen LogP contribution in [0.3, 0.4) is 0 Å². The van der Waals surface area contributed by atoms with E-state index in [1.807, 2.05) is 25.7 Å². The highest BCUT2D eigenvalue weighted by Crippen LogP contribution is 2.11. The zero-order chi connectivity index (χ0) is 13.9. The van der Waals surface area contributed by atoms with Crippen LogP contribution in [-0.2, 0) is 9.22 Å². The number of rotatable bonds is 11. The maximum absolute atomic E-state index is 11.5. The van der Waals surface area contributed by atoms with Crippen molar-refractivity contribution in [1.82, 2.24) is 0 Å². The minimum atomic E-state index is -1.67. The summed E-state index contributed by atoms with van der Waals surface area (Å²) in [6.45, 7) is 9.87. The molecular weight excluding hydrogens is 240 g/mol. The van der Waals surface area contributed by atoms with Crippen molar-refractivity contribution >= 4 is 14.3 Å². The highest BCUT2D eigenvalue weighted by atomic mass is 28.4. The van der Waals surface area contributed by atoms with E-state index in [2.05, 4.69) is 6.58 Å². The van der Waals surface area contributed by atoms with Crippen molar-refractivity contribution in [2.24, 2.45) is 0 Å². The van der Waals surface area contributed by atoms with Gasteiger partial charge in [-0.2, -0.15) is 0 Å². The molecule has 3 heteroatoms. The van der Waals surface area contributed by atoms with Crippen molar-refractivity contribution in [3.05, 3.63) is 12.7 Å². The van der Waals surface area contributed by atoms with Gasteiger partial charge in [-0.25, -0.2) is 0 Å². The van der Waals surface area contributed by atoms with Gasteiger partial charge in [-0.3, -0.25) is 4.79 Å². The minimum Gasteiger partial charge on any atom is -0.520 e. The Hall–Kier alpha value is -0.573. The van der Waals surface area contributed by atoms with Crippen molar-refractivity contribution in [2.45, 2.75) is 77.4 Å². The lowest BCUT2D eigenvalue weighted by molar-refractivity contribution is -0.135. The summed E-state index contributed by atoms with van der Waals surface area (Å²) >= 11 is 0. The molecule has 0 spiro atoms. The van der Waals surface area contributed by atoms with Crippen LogP contribution in [0.25, 0.3) is 0 Å². The molecule has 0 rings (SSSR count). The van der Waals surface area contributed by atoms with Crippen LogP contribution in [0.4, 0.5) is 0 Å². The van der Waals surface area contributed by atoms with Gasteiger partial charge >= 0.3 is 0 Å². The Balaban J connectivity index is 3.25. The molecule has 0 heterocycles. The normalized spacial score (nSPS) is 11.3. The summed E-state index contributed by atoms with van der Waals surface area (Å²) in [5.41, 5.74) is 0. The Morgan fingerprint density at radius 2 is 1.50 bits per heavy atom. The fraction of sp³-hybridized carbons (Fsp3) is 0.800. The molecule has 2 nitrogen and oxygen atoms in total. The monoisotopic (exact) mass is 270 g/mol. The first kappa shape index (κ1) is 17.4. The third kappa shape index (κ3) is 13.5. The molecular formula is C15H30O2Si. The second-order valence-corrected chi connectivity index (χ2v) is 10.3. The molecule has 0 fully saturated rings. The van der Waals surface area contributed by atoms with Gasteiger partial charge in [0.1, 0.15) is 0 Å². The SMILES string of the molecule is C=CCCCCCCCCCC(=O)O[Si](C)(C)C. The van der Waals surface area contributed by atoms with Gasteiger partial charge < -0.3 is 4.43 Å². The van der Waals surface area contributed by atoms with Crippen molar-refractivity contribution in [2.75, 3.05) is 0 Å². The minimum absolute atomic E-state index is 0.000139. The van der Waals surface area contributed by atoms with Crippen LogP contribution >= 0.6 is 0 Å². The molecule has 0 atom stereocenters. The van der Waals surface area contributed by atoms with Gasteiger partial charge in [-0.1, -0.05) is 38.2 Å². The van der Waals surface area contributed by atoms with Gasteiger partial charge in [-0.05, 0) is 38.9 Å². The quantitative estimate of drug-likeness (QED) is 0.298. The summed E-state index contributed by atoms with van der Waals surface area (Å²) in [6, 6.07) is 0. The Morgan fingerprint density at radius 3 is 2.00 bits per heavy atom. The van der Waals surface area contributed by atoms with Crippen LogP contribution in [0.15, 0.2) is 12.7 Å². The Kier molecular flexibility index (Phi) is 10.0. The molecule has 0 saturated heterocycles. The van der Waals surface area contributed by atoms with Crippen LogP contribution in [-0.4, -0.2) is 14.3 Å². The molecule has 0 saturated carbocycles. The lowest BCUT2D eigenvalue weighted by Gasteiger charge is -2.17. The predicted octanol–water partition coefficient (Wildman–Crippen LogP) is 5.06. The molecule has 0 bridgehead atoms. The van der Waals surface area contributed by atoms with Crippen LogP contribution in [0.5, 0.6) is 0 Å². The fourth-order valence-corrected chi connectivity index (χ4v) is 2.62. The fourth-order valence-electron chi connectivity index (χ4n) is 1.83. The van der Waals surface area contributed by atoms with Crippen molar-refractivity contribution in [1.29, 1.82) is 0 Å². The summed E-state index contributed by atoms with van der Waals surface area (Å²) in [5.74, 6) is 0.000139. The van der Waals surface area contributed by atoms with E-state index >= 15 is 0 Å². The van der Waals surface area contributed by atoms with E-state index in [0.29, 0.717) is 6.42 Å². The van der Waals surface area contributed by atoms with E-state index < -0.39 is 8.32 Å². The number of hydrogen-bond acceptors (Lipinski definition) is 2. The van der Waals surface area contributed by atoms with Gasteiger partial charge in [0.05, 0.1) is 0 Å². The molecule has 0 unspecified atom stereocenters. The molecule has 0 aromatic heterocycles. The third-order valence-corrected chi connectivity index (χ3v) is 3.55. The van der Waals surface area contributed by atoms with E-state index in [4.69, 9.17) is 4.43 Å². The van der Waals surface area contributed by atoms with Gasteiger partial charge in [-0.15, -0.1) is 6.58 Å². The number of hydrogen-bond donors (Lipinski definition) is 0. The second-order valence-electron chi connectivity index (χ2n) is 5.89. The predicted molar refractivity (Wildman–Crippen MR) is 81.2 cm³/mol.